The number of hydrogen-bond donors (Lipinski definition) is 2. The quantitative estimate of drug-likeness (QED) is 0.767. The van der Waals surface area contributed by atoms with Crippen molar-refractivity contribution >= 4 is 43.2 Å². The second-order valence-corrected chi connectivity index (χ2v) is 7.01. The summed E-state index contributed by atoms with van der Waals surface area (Å²) in [6.07, 6.45) is 0. The van der Waals surface area contributed by atoms with Gasteiger partial charge in [0.25, 0.3) is 5.91 Å². The van der Waals surface area contributed by atoms with E-state index in [1.807, 2.05) is 0 Å². The molecule has 0 aliphatic rings. The fraction of sp³-hybridized carbons (Fsp3) is 0. The maximum absolute atomic E-state index is 12.2. The number of anilines is 1. The van der Waals surface area contributed by atoms with Gasteiger partial charge in [0.1, 0.15) is 0 Å². The zero-order valence-electron chi connectivity index (χ0n) is 11.2. The lowest BCUT2D eigenvalue weighted by Crippen LogP contribution is -2.13. The number of primary sulfonamides is 1. The van der Waals surface area contributed by atoms with Crippen molar-refractivity contribution in [2.45, 2.75) is 4.90 Å². The summed E-state index contributed by atoms with van der Waals surface area (Å²) in [5, 5.41) is 7.73. The second kappa shape index (κ2) is 5.48. The number of sulfonamides is 1. The second-order valence-electron chi connectivity index (χ2n) is 4.56. The molecule has 112 valence electrons. The van der Waals surface area contributed by atoms with Gasteiger partial charge in [0.05, 0.1) is 20.6 Å². The number of nitrogens with zero attached hydrogens (tertiary/aromatic N) is 1. The number of aromatic nitrogens is 1. The van der Waals surface area contributed by atoms with Crippen molar-refractivity contribution in [3.05, 3.63) is 53.5 Å². The smallest absolute Gasteiger partial charge is 0.255 e. The molecule has 8 heteroatoms. The number of rotatable bonds is 3. The zero-order chi connectivity index (χ0) is 15.7. The van der Waals surface area contributed by atoms with Crippen molar-refractivity contribution < 1.29 is 13.2 Å². The van der Waals surface area contributed by atoms with Crippen LogP contribution in [-0.4, -0.2) is 19.3 Å². The van der Waals surface area contributed by atoms with E-state index in [4.69, 9.17) is 5.14 Å². The minimum absolute atomic E-state index is 0.00317. The van der Waals surface area contributed by atoms with Crippen molar-refractivity contribution in [2.75, 3.05) is 5.32 Å². The molecule has 1 amide bonds. The number of hydrogen-bond acceptors (Lipinski definition) is 5. The van der Waals surface area contributed by atoms with E-state index < -0.39 is 10.0 Å². The third kappa shape index (κ3) is 2.98. The summed E-state index contributed by atoms with van der Waals surface area (Å²) < 4.78 is 23.3. The molecule has 0 aliphatic heterocycles. The van der Waals surface area contributed by atoms with Gasteiger partial charge in [-0.1, -0.05) is 0 Å². The van der Waals surface area contributed by atoms with Gasteiger partial charge < -0.3 is 5.32 Å². The van der Waals surface area contributed by atoms with E-state index in [2.05, 4.69) is 10.3 Å². The molecule has 22 heavy (non-hydrogen) atoms. The monoisotopic (exact) mass is 333 g/mol. The van der Waals surface area contributed by atoms with Crippen LogP contribution in [0.15, 0.2) is 52.9 Å². The highest BCUT2D eigenvalue weighted by Gasteiger charge is 2.10. The number of carbonyl (C=O) groups is 1. The van der Waals surface area contributed by atoms with Crippen LogP contribution in [0, 0.1) is 0 Å². The average molecular weight is 333 g/mol. The van der Waals surface area contributed by atoms with Gasteiger partial charge in [-0.3, -0.25) is 4.79 Å². The third-order valence-electron chi connectivity index (χ3n) is 3.03. The van der Waals surface area contributed by atoms with Crippen LogP contribution in [0.2, 0.25) is 0 Å². The zero-order valence-corrected chi connectivity index (χ0v) is 12.8. The fourth-order valence-electron chi connectivity index (χ4n) is 1.93. The lowest BCUT2D eigenvalue weighted by molar-refractivity contribution is 0.102. The molecule has 0 saturated heterocycles. The lowest BCUT2D eigenvalue weighted by atomic mass is 10.2. The minimum Gasteiger partial charge on any atom is -0.322 e. The Labute approximate surface area is 130 Å². The molecule has 0 saturated carbocycles. The van der Waals surface area contributed by atoms with Gasteiger partial charge in [0.2, 0.25) is 10.0 Å². The molecule has 6 nitrogen and oxygen atoms in total. The lowest BCUT2D eigenvalue weighted by Gasteiger charge is -2.06. The molecular weight excluding hydrogens is 322 g/mol. The van der Waals surface area contributed by atoms with Crippen LogP contribution in [0.1, 0.15) is 10.4 Å². The Morgan fingerprint density at radius 2 is 1.86 bits per heavy atom. The molecule has 0 radical (unpaired) electrons. The molecule has 3 N–H and O–H groups in total. The van der Waals surface area contributed by atoms with E-state index in [1.165, 1.54) is 35.6 Å². The first-order valence-electron chi connectivity index (χ1n) is 6.21. The van der Waals surface area contributed by atoms with Crippen molar-refractivity contribution in [1.29, 1.82) is 0 Å². The van der Waals surface area contributed by atoms with Crippen LogP contribution in [0.5, 0.6) is 0 Å². The summed E-state index contributed by atoms with van der Waals surface area (Å²) in [6, 6.07) is 10.9. The highest BCUT2D eigenvalue weighted by molar-refractivity contribution is 7.89. The first-order chi connectivity index (χ1) is 10.4. The Morgan fingerprint density at radius 3 is 2.55 bits per heavy atom. The standard InChI is InChI=1S/C14H11N3O3S2/c15-22(19,20)11-4-2-10(3-5-11)17-14(18)9-1-6-12-13(7-9)21-8-16-12/h1-8H,(H,17,18)(H2,15,19,20). The number of amides is 1. The summed E-state index contributed by atoms with van der Waals surface area (Å²) in [7, 11) is -3.74. The molecule has 1 aromatic heterocycles. The Morgan fingerprint density at radius 1 is 1.14 bits per heavy atom. The highest BCUT2D eigenvalue weighted by atomic mass is 32.2. The normalized spacial score (nSPS) is 11.5. The van der Waals surface area contributed by atoms with E-state index in [1.54, 1.807) is 23.7 Å². The van der Waals surface area contributed by atoms with E-state index in [-0.39, 0.29) is 10.8 Å². The van der Waals surface area contributed by atoms with Gasteiger partial charge >= 0.3 is 0 Å². The topological polar surface area (TPSA) is 102 Å². The summed E-state index contributed by atoms with van der Waals surface area (Å²) in [4.78, 5) is 16.3. The average Bonchev–Trinajstić information content (AvgIpc) is 2.94. The third-order valence-corrected chi connectivity index (χ3v) is 4.76. The van der Waals surface area contributed by atoms with Gasteiger partial charge in [-0.2, -0.15) is 0 Å². The summed E-state index contributed by atoms with van der Waals surface area (Å²) >= 11 is 1.46. The van der Waals surface area contributed by atoms with Crippen molar-refractivity contribution in [3.63, 3.8) is 0 Å². The first kappa shape index (κ1) is 14.6. The van der Waals surface area contributed by atoms with Gasteiger partial charge in [-0.25, -0.2) is 18.5 Å². The number of benzene rings is 2. The summed E-state index contributed by atoms with van der Waals surface area (Å²) in [5.74, 6) is -0.279. The van der Waals surface area contributed by atoms with Crippen LogP contribution in [0.3, 0.4) is 0 Å². The predicted octanol–water partition coefficient (Wildman–Crippen LogP) is 2.20. The van der Waals surface area contributed by atoms with Crippen LogP contribution in [0.4, 0.5) is 5.69 Å². The van der Waals surface area contributed by atoms with Crippen molar-refractivity contribution in [1.82, 2.24) is 4.98 Å². The van der Waals surface area contributed by atoms with Crippen LogP contribution < -0.4 is 10.5 Å². The van der Waals surface area contributed by atoms with Crippen LogP contribution in [0.25, 0.3) is 10.2 Å². The van der Waals surface area contributed by atoms with Gasteiger partial charge in [0, 0.05) is 11.3 Å². The van der Waals surface area contributed by atoms with Crippen molar-refractivity contribution in [3.8, 4) is 0 Å². The Kier molecular flexibility index (Phi) is 3.65. The van der Waals surface area contributed by atoms with Gasteiger partial charge in [-0.15, -0.1) is 11.3 Å². The van der Waals surface area contributed by atoms with Crippen molar-refractivity contribution in [2.24, 2.45) is 5.14 Å². The van der Waals surface area contributed by atoms with E-state index in [9.17, 15) is 13.2 Å². The molecule has 0 spiro atoms. The number of nitrogens with two attached hydrogens (primary N) is 1. The number of fused-ring (bicyclic) bond motifs is 1. The molecule has 1 heterocycles. The number of nitrogens with one attached hydrogen (secondary N) is 1. The first-order valence-corrected chi connectivity index (χ1v) is 8.63. The fourth-order valence-corrected chi connectivity index (χ4v) is 3.16. The number of thiazole rings is 1. The summed E-state index contributed by atoms with van der Waals surface area (Å²) in [5.41, 5.74) is 3.56. The Bertz CT molecular complexity index is 947. The molecule has 0 atom stereocenters. The number of carbonyl (C=O) groups excluding carboxylic acids is 1. The molecule has 0 unspecified atom stereocenters. The van der Waals surface area contributed by atoms with Gasteiger partial charge in [0.15, 0.2) is 0 Å². The SMILES string of the molecule is NS(=O)(=O)c1ccc(NC(=O)c2ccc3ncsc3c2)cc1. The highest BCUT2D eigenvalue weighted by Crippen LogP contribution is 2.20. The molecule has 0 fully saturated rings. The minimum atomic E-state index is -3.74. The maximum atomic E-state index is 12.2. The molecule has 0 aliphatic carbocycles. The predicted molar refractivity (Wildman–Crippen MR) is 85.4 cm³/mol. The molecule has 3 aromatic rings. The molecule has 0 bridgehead atoms. The maximum Gasteiger partial charge on any atom is 0.255 e. The summed E-state index contributed by atoms with van der Waals surface area (Å²) in [6.45, 7) is 0. The largest absolute Gasteiger partial charge is 0.322 e. The van der Waals surface area contributed by atoms with Crippen LogP contribution >= 0.6 is 11.3 Å². The van der Waals surface area contributed by atoms with Gasteiger partial charge in [-0.05, 0) is 42.5 Å². The van der Waals surface area contributed by atoms with E-state index >= 15 is 0 Å². The molecular formula is C14H11N3O3S2. The molecule has 3 rings (SSSR count). The Hall–Kier alpha value is -2.29. The Balaban J connectivity index is 1.81. The molecule has 2 aromatic carbocycles. The van der Waals surface area contributed by atoms with E-state index in [0.717, 1.165) is 10.2 Å². The van der Waals surface area contributed by atoms with E-state index in [0.29, 0.717) is 11.3 Å². The van der Waals surface area contributed by atoms with Crippen LogP contribution in [-0.2, 0) is 10.0 Å².